The number of morpholine rings is 1. The first-order chi connectivity index (χ1) is 9.35. The molecule has 0 aliphatic carbocycles. The molecule has 1 aliphatic heterocycles. The Morgan fingerprint density at radius 2 is 2.15 bits per heavy atom. The number of nitrogens with zero attached hydrogens (tertiary/aromatic N) is 1. The summed E-state index contributed by atoms with van der Waals surface area (Å²) >= 11 is 12.2. The van der Waals surface area contributed by atoms with Crippen molar-refractivity contribution < 1.29 is 9.53 Å². The van der Waals surface area contributed by atoms with Crippen LogP contribution in [0, 0.1) is 0 Å². The highest BCUT2D eigenvalue weighted by atomic mass is 35.5. The summed E-state index contributed by atoms with van der Waals surface area (Å²) in [4.78, 5) is 14.6. The van der Waals surface area contributed by atoms with Crippen LogP contribution in [0.1, 0.15) is 37.6 Å². The van der Waals surface area contributed by atoms with E-state index in [1.165, 1.54) is 0 Å². The minimum atomic E-state index is -0.341. The van der Waals surface area contributed by atoms with Crippen LogP contribution in [0.4, 0.5) is 0 Å². The first kappa shape index (κ1) is 15.6. The minimum Gasteiger partial charge on any atom is -0.372 e. The molecule has 2 rings (SSSR count). The summed E-state index contributed by atoms with van der Waals surface area (Å²) in [5.41, 5.74) is 0.113. The molecule has 0 aromatic heterocycles. The van der Waals surface area contributed by atoms with E-state index >= 15 is 0 Å². The lowest BCUT2D eigenvalue weighted by Gasteiger charge is -2.43. The molecule has 0 N–H and O–H groups in total. The molecule has 0 saturated carbocycles. The number of ether oxygens (including phenoxy) is 1. The monoisotopic (exact) mass is 315 g/mol. The van der Waals surface area contributed by atoms with Gasteiger partial charge in [0.15, 0.2) is 0 Å². The van der Waals surface area contributed by atoms with Gasteiger partial charge in [-0.1, -0.05) is 36.2 Å². The van der Waals surface area contributed by atoms with Crippen molar-refractivity contribution in [3.05, 3.63) is 33.8 Å². The highest BCUT2D eigenvalue weighted by Crippen LogP contribution is 2.29. The molecule has 20 heavy (non-hydrogen) atoms. The summed E-state index contributed by atoms with van der Waals surface area (Å²) in [6.07, 6.45) is 0.847. The number of amides is 1. The maximum atomic E-state index is 12.8. The van der Waals surface area contributed by atoms with Crippen molar-refractivity contribution in [1.29, 1.82) is 0 Å². The molecular weight excluding hydrogens is 297 g/mol. The Bertz CT molecular complexity index is 517. The van der Waals surface area contributed by atoms with Crippen molar-refractivity contribution in [3.8, 4) is 0 Å². The van der Waals surface area contributed by atoms with Crippen LogP contribution in [0.2, 0.25) is 10.0 Å². The van der Waals surface area contributed by atoms with Crippen LogP contribution in [-0.4, -0.2) is 35.6 Å². The van der Waals surface area contributed by atoms with Gasteiger partial charge in [0.1, 0.15) is 0 Å². The zero-order valence-electron chi connectivity index (χ0n) is 12.0. The van der Waals surface area contributed by atoms with E-state index < -0.39 is 0 Å². The lowest BCUT2D eigenvalue weighted by atomic mass is 10.0. The lowest BCUT2D eigenvalue weighted by Crippen LogP contribution is -2.56. The van der Waals surface area contributed by atoms with Gasteiger partial charge in [-0.15, -0.1) is 0 Å². The van der Waals surface area contributed by atoms with Crippen LogP contribution >= 0.6 is 23.2 Å². The summed E-state index contributed by atoms with van der Waals surface area (Å²) in [6.45, 7) is 7.12. The van der Waals surface area contributed by atoms with Crippen LogP contribution in [-0.2, 0) is 4.74 Å². The number of hydrogen-bond donors (Lipinski definition) is 0. The summed E-state index contributed by atoms with van der Waals surface area (Å²) in [7, 11) is 0. The van der Waals surface area contributed by atoms with Crippen LogP contribution in [0.3, 0.4) is 0 Å². The number of halogens is 2. The number of benzene rings is 1. The number of rotatable bonds is 2. The van der Waals surface area contributed by atoms with Gasteiger partial charge in [-0.3, -0.25) is 4.79 Å². The second-order valence-electron chi connectivity index (χ2n) is 5.67. The van der Waals surface area contributed by atoms with Gasteiger partial charge in [-0.25, -0.2) is 0 Å². The topological polar surface area (TPSA) is 29.5 Å². The molecule has 0 spiro atoms. The fraction of sp³-hybridized carbons (Fsp3) is 0.533. The molecule has 1 amide bonds. The van der Waals surface area contributed by atoms with Crippen molar-refractivity contribution in [2.24, 2.45) is 0 Å². The van der Waals surface area contributed by atoms with E-state index in [0.29, 0.717) is 28.8 Å². The van der Waals surface area contributed by atoms with Gasteiger partial charge < -0.3 is 9.64 Å². The van der Waals surface area contributed by atoms with Gasteiger partial charge in [0, 0.05) is 6.54 Å². The quantitative estimate of drug-likeness (QED) is 0.824. The number of hydrogen-bond acceptors (Lipinski definition) is 2. The molecule has 1 saturated heterocycles. The normalized spacial score (nSPS) is 21.9. The molecule has 1 aliphatic rings. The van der Waals surface area contributed by atoms with Crippen LogP contribution in [0.15, 0.2) is 18.2 Å². The van der Waals surface area contributed by atoms with Gasteiger partial charge >= 0.3 is 0 Å². The Morgan fingerprint density at radius 1 is 1.45 bits per heavy atom. The fourth-order valence-electron chi connectivity index (χ4n) is 2.40. The summed E-state index contributed by atoms with van der Waals surface area (Å²) in [6, 6.07) is 5.21. The maximum Gasteiger partial charge on any atom is 0.255 e. The van der Waals surface area contributed by atoms with Crippen molar-refractivity contribution >= 4 is 29.1 Å². The SMILES string of the molecule is CCC1COC(C)(C)CN1C(=O)c1cccc(Cl)c1Cl. The van der Waals surface area contributed by atoms with E-state index in [4.69, 9.17) is 27.9 Å². The van der Waals surface area contributed by atoms with Gasteiger partial charge in [0.25, 0.3) is 5.91 Å². The Kier molecular flexibility index (Phi) is 4.62. The molecule has 0 radical (unpaired) electrons. The molecule has 110 valence electrons. The Balaban J connectivity index is 2.32. The van der Waals surface area contributed by atoms with Gasteiger partial charge in [0.2, 0.25) is 0 Å². The smallest absolute Gasteiger partial charge is 0.255 e. The largest absolute Gasteiger partial charge is 0.372 e. The summed E-state index contributed by atoms with van der Waals surface area (Å²) in [5, 5.41) is 0.719. The highest BCUT2D eigenvalue weighted by molar-refractivity contribution is 6.43. The third-order valence-electron chi connectivity index (χ3n) is 3.57. The van der Waals surface area contributed by atoms with Crippen LogP contribution in [0.5, 0.6) is 0 Å². The van der Waals surface area contributed by atoms with E-state index in [0.717, 1.165) is 6.42 Å². The molecule has 1 heterocycles. The lowest BCUT2D eigenvalue weighted by molar-refractivity contribution is -0.102. The molecule has 0 bridgehead atoms. The van der Waals surface area contributed by atoms with Crippen molar-refractivity contribution in [2.75, 3.05) is 13.2 Å². The van der Waals surface area contributed by atoms with Gasteiger partial charge in [-0.05, 0) is 32.4 Å². The first-order valence-corrected chi connectivity index (χ1v) is 7.50. The van der Waals surface area contributed by atoms with E-state index in [1.807, 2.05) is 25.7 Å². The predicted octanol–water partition coefficient (Wildman–Crippen LogP) is 4.02. The van der Waals surface area contributed by atoms with E-state index in [9.17, 15) is 4.79 Å². The first-order valence-electron chi connectivity index (χ1n) is 6.74. The molecule has 3 nitrogen and oxygen atoms in total. The van der Waals surface area contributed by atoms with E-state index in [-0.39, 0.29) is 17.6 Å². The standard InChI is InChI=1S/C15H19Cl2NO2/c1-4-10-8-20-15(2,3)9-18(10)14(19)11-6-5-7-12(16)13(11)17/h5-7,10H,4,8-9H2,1-3H3. The molecule has 1 unspecified atom stereocenters. The van der Waals surface area contributed by atoms with Crippen LogP contribution in [0.25, 0.3) is 0 Å². The van der Waals surface area contributed by atoms with Gasteiger partial charge in [-0.2, -0.15) is 0 Å². The molecule has 1 aromatic rings. The average Bonchev–Trinajstić information content (AvgIpc) is 2.40. The van der Waals surface area contributed by atoms with E-state index in [1.54, 1.807) is 18.2 Å². The van der Waals surface area contributed by atoms with Crippen molar-refractivity contribution in [1.82, 2.24) is 4.90 Å². The zero-order valence-corrected chi connectivity index (χ0v) is 13.5. The number of carbonyl (C=O) groups is 1. The molecule has 1 fully saturated rings. The maximum absolute atomic E-state index is 12.8. The molecular formula is C15H19Cl2NO2. The fourth-order valence-corrected chi connectivity index (χ4v) is 2.78. The average molecular weight is 316 g/mol. The molecule has 1 atom stereocenters. The Labute approximate surface area is 129 Å². The zero-order chi connectivity index (χ0) is 14.9. The highest BCUT2D eigenvalue weighted by Gasteiger charge is 2.36. The Morgan fingerprint density at radius 3 is 2.80 bits per heavy atom. The van der Waals surface area contributed by atoms with Crippen molar-refractivity contribution in [2.45, 2.75) is 38.8 Å². The summed E-state index contributed by atoms with van der Waals surface area (Å²) in [5.74, 6) is -0.0827. The second-order valence-corrected chi connectivity index (χ2v) is 6.45. The Hall–Kier alpha value is -0.770. The van der Waals surface area contributed by atoms with Crippen LogP contribution < -0.4 is 0 Å². The summed E-state index contributed by atoms with van der Waals surface area (Å²) < 4.78 is 5.79. The molecule has 5 heteroatoms. The second kappa shape index (κ2) is 5.92. The van der Waals surface area contributed by atoms with E-state index in [2.05, 4.69) is 0 Å². The van der Waals surface area contributed by atoms with Crippen molar-refractivity contribution in [3.63, 3.8) is 0 Å². The van der Waals surface area contributed by atoms with Gasteiger partial charge in [0.05, 0.1) is 33.9 Å². The number of carbonyl (C=O) groups excluding carboxylic acids is 1. The third kappa shape index (κ3) is 3.11. The molecule has 1 aromatic carbocycles. The third-order valence-corrected chi connectivity index (χ3v) is 4.39. The minimum absolute atomic E-state index is 0.0746. The predicted molar refractivity (Wildman–Crippen MR) is 81.6 cm³/mol.